The van der Waals surface area contributed by atoms with Crippen molar-refractivity contribution in [1.29, 1.82) is 0 Å². The Balaban J connectivity index is 1.99. The van der Waals surface area contributed by atoms with Crippen molar-refractivity contribution in [1.82, 2.24) is 10.6 Å². The van der Waals surface area contributed by atoms with E-state index in [1.54, 1.807) is 0 Å². The lowest BCUT2D eigenvalue weighted by Gasteiger charge is -2.13. The average molecular weight is 216 g/mol. The van der Waals surface area contributed by atoms with E-state index in [4.69, 9.17) is 0 Å². The van der Waals surface area contributed by atoms with Gasteiger partial charge in [0, 0.05) is 12.1 Å². The van der Waals surface area contributed by atoms with Crippen molar-refractivity contribution in [2.75, 3.05) is 11.5 Å². The first-order chi connectivity index (χ1) is 6.72. The number of urea groups is 1. The maximum atomic E-state index is 11.3. The van der Waals surface area contributed by atoms with Crippen LogP contribution in [0.3, 0.4) is 0 Å². The fraction of sp³-hybridized carbons (Fsp3) is 0.900. The predicted octanol–water partition coefficient (Wildman–Crippen LogP) is 1.98. The number of hydrogen-bond acceptors (Lipinski definition) is 2. The van der Waals surface area contributed by atoms with Crippen LogP contribution >= 0.6 is 11.8 Å². The average Bonchev–Trinajstić information content (AvgIpc) is 2.88. The maximum absolute atomic E-state index is 11.3. The van der Waals surface area contributed by atoms with Gasteiger partial charge in [0.05, 0.1) is 0 Å². The van der Waals surface area contributed by atoms with Crippen LogP contribution in [0.5, 0.6) is 0 Å². The molecule has 1 fully saturated rings. The highest BCUT2D eigenvalue weighted by atomic mass is 32.2. The van der Waals surface area contributed by atoms with E-state index in [2.05, 4.69) is 24.5 Å². The third-order valence-electron chi connectivity index (χ3n) is 2.19. The van der Waals surface area contributed by atoms with E-state index in [-0.39, 0.29) is 12.1 Å². The third-order valence-corrected chi connectivity index (χ3v) is 3.12. The van der Waals surface area contributed by atoms with Crippen LogP contribution in [0.1, 0.15) is 33.1 Å². The molecule has 2 amide bonds. The van der Waals surface area contributed by atoms with E-state index < -0.39 is 0 Å². The van der Waals surface area contributed by atoms with Gasteiger partial charge in [-0.1, -0.05) is 6.92 Å². The SMILES string of the molecule is CCSCC[C@@H](C)NC(=O)NC1CC1. The number of amides is 2. The van der Waals surface area contributed by atoms with Crippen LogP contribution in [0.4, 0.5) is 4.79 Å². The molecule has 0 aromatic heterocycles. The highest BCUT2D eigenvalue weighted by Crippen LogP contribution is 2.18. The van der Waals surface area contributed by atoms with Gasteiger partial charge in [0.15, 0.2) is 0 Å². The van der Waals surface area contributed by atoms with E-state index in [0.717, 1.165) is 30.8 Å². The summed E-state index contributed by atoms with van der Waals surface area (Å²) in [6.45, 7) is 4.21. The number of hydrogen-bond donors (Lipinski definition) is 2. The lowest BCUT2D eigenvalue weighted by Crippen LogP contribution is -2.41. The minimum Gasteiger partial charge on any atom is -0.336 e. The summed E-state index contributed by atoms with van der Waals surface area (Å²) in [5.41, 5.74) is 0. The minimum absolute atomic E-state index is 0.00139. The number of rotatable bonds is 6. The first kappa shape index (κ1) is 11.7. The second-order valence-electron chi connectivity index (χ2n) is 3.78. The second-order valence-corrected chi connectivity index (χ2v) is 5.17. The molecule has 0 aromatic carbocycles. The largest absolute Gasteiger partial charge is 0.336 e. The number of carbonyl (C=O) groups is 1. The molecule has 1 rings (SSSR count). The van der Waals surface area contributed by atoms with E-state index >= 15 is 0 Å². The lowest BCUT2D eigenvalue weighted by atomic mass is 10.3. The molecule has 1 aliphatic rings. The molecule has 4 heteroatoms. The molecular weight excluding hydrogens is 196 g/mol. The third kappa shape index (κ3) is 5.37. The number of thioether (sulfide) groups is 1. The molecule has 0 spiro atoms. The Bertz CT molecular complexity index is 183. The summed E-state index contributed by atoms with van der Waals surface area (Å²) in [7, 11) is 0. The van der Waals surface area contributed by atoms with Gasteiger partial charge in [-0.15, -0.1) is 0 Å². The van der Waals surface area contributed by atoms with Crippen LogP contribution in [-0.4, -0.2) is 29.6 Å². The topological polar surface area (TPSA) is 41.1 Å². The van der Waals surface area contributed by atoms with Crippen molar-refractivity contribution in [3.63, 3.8) is 0 Å². The van der Waals surface area contributed by atoms with Gasteiger partial charge in [0.25, 0.3) is 0 Å². The van der Waals surface area contributed by atoms with Crippen LogP contribution in [0.25, 0.3) is 0 Å². The normalized spacial score (nSPS) is 17.6. The molecular formula is C10H20N2OS. The van der Waals surface area contributed by atoms with E-state index in [9.17, 15) is 4.79 Å². The molecule has 2 N–H and O–H groups in total. The summed E-state index contributed by atoms with van der Waals surface area (Å²) in [5.74, 6) is 2.28. The molecule has 0 radical (unpaired) electrons. The number of carbonyl (C=O) groups excluding carboxylic acids is 1. The Hall–Kier alpha value is -0.380. The molecule has 0 saturated heterocycles. The first-order valence-electron chi connectivity index (χ1n) is 5.37. The quantitative estimate of drug-likeness (QED) is 0.667. The van der Waals surface area contributed by atoms with Crippen LogP contribution in [-0.2, 0) is 0 Å². The summed E-state index contributed by atoms with van der Waals surface area (Å²) in [5, 5.41) is 5.87. The highest BCUT2D eigenvalue weighted by Gasteiger charge is 2.23. The van der Waals surface area contributed by atoms with Gasteiger partial charge in [-0.05, 0) is 37.7 Å². The van der Waals surface area contributed by atoms with Crippen molar-refractivity contribution >= 4 is 17.8 Å². The van der Waals surface area contributed by atoms with E-state index in [1.807, 2.05) is 11.8 Å². The van der Waals surface area contributed by atoms with Crippen LogP contribution < -0.4 is 10.6 Å². The van der Waals surface area contributed by atoms with Gasteiger partial charge in [-0.25, -0.2) is 4.79 Å². The zero-order chi connectivity index (χ0) is 10.4. The van der Waals surface area contributed by atoms with E-state index in [1.165, 1.54) is 0 Å². The van der Waals surface area contributed by atoms with E-state index in [0.29, 0.717) is 6.04 Å². The van der Waals surface area contributed by atoms with Gasteiger partial charge in [0.2, 0.25) is 0 Å². The zero-order valence-electron chi connectivity index (χ0n) is 9.01. The van der Waals surface area contributed by atoms with Crippen LogP contribution in [0, 0.1) is 0 Å². The highest BCUT2D eigenvalue weighted by molar-refractivity contribution is 7.99. The summed E-state index contributed by atoms with van der Waals surface area (Å²) >= 11 is 1.92. The molecule has 0 bridgehead atoms. The van der Waals surface area contributed by atoms with Gasteiger partial charge in [-0.3, -0.25) is 0 Å². The van der Waals surface area contributed by atoms with Gasteiger partial charge in [-0.2, -0.15) is 11.8 Å². The summed E-state index contributed by atoms with van der Waals surface area (Å²) in [6.07, 6.45) is 3.34. The molecule has 1 aliphatic carbocycles. The maximum Gasteiger partial charge on any atom is 0.315 e. The zero-order valence-corrected chi connectivity index (χ0v) is 9.82. The molecule has 14 heavy (non-hydrogen) atoms. The van der Waals surface area contributed by atoms with Crippen molar-refractivity contribution < 1.29 is 4.79 Å². The smallest absolute Gasteiger partial charge is 0.315 e. The fourth-order valence-electron chi connectivity index (χ4n) is 1.16. The Kier molecular flexibility index (Phi) is 5.15. The van der Waals surface area contributed by atoms with Crippen LogP contribution in [0.15, 0.2) is 0 Å². The number of nitrogens with one attached hydrogen (secondary N) is 2. The molecule has 3 nitrogen and oxygen atoms in total. The molecule has 0 aromatic rings. The Labute approximate surface area is 90.4 Å². The van der Waals surface area contributed by atoms with Gasteiger partial charge < -0.3 is 10.6 Å². The lowest BCUT2D eigenvalue weighted by molar-refractivity contribution is 0.237. The monoisotopic (exact) mass is 216 g/mol. The molecule has 0 heterocycles. The fourth-order valence-corrected chi connectivity index (χ4v) is 1.96. The second kappa shape index (κ2) is 6.17. The Morgan fingerprint density at radius 2 is 2.29 bits per heavy atom. The Morgan fingerprint density at radius 1 is 1.57 bits per heavy atom. The molecule has 0 unspecified atom stereocenters. The van der Waals surface area contributed by atoms with Crippen molar-refractivity contribution in [3.05, 3.63) is 0 Å². The predicted molar refractivity (Wildman–Crippen MR) is 61.8 cm³/mol. The summed E-state index contributed by atoms with van der Waals surface area (Å²) < 4.78 is 0. The molecule has 1 saturated carbocycles. The summed E-state index contributed by atoms with van der Waals surface area (Å²) in [4.78, 5) is 11.3. The Morgan fingerprint density at radius 3 is 2.86 bits per heavy atom. The first-order valence-corrected chi connectivity index (χ1v) is 6.52. The molecule has 82 valence electrons. The minimum atomic E-state index is 0.00139. The van der Waals surface area contributed by atoms with Gasteiger partial charge in [0.1, 0.15) is 0 Å². The van der Waals surface area contributed by atoms with Gasteiger partial charge >= 0.3 is 6.03 Å². The summed E-state index contributed by atoms with van der Waals surface area (Å²) in [6, 6.07) is 0.738. The van der Waals surface area contributed by atoms with Crippen molar-refractivity contribution in [2.45, 2.75) is 45.2 Å². The molecule has 1 atom stereocenters. The molecule has 0 aliphatic heterocycles. The van der Waals surface area contributed by atoms with Crippen molar-refractivity contribution in [2.24, 2.45) is 0 Å². The van der Waals surface area contributed by atoms with Crippen LogP contribution in [0.2, 0.25) is 0 Å². The standard InChI is InChI=1S/C10H20N2OS/c1-3-14-7-6-8(2)11-10(13)12-9-4-5-9/h8-9H,3-7H2,1-2H3,(H2,11,12,13)/t8-/m1/s1. The van der Waals surface area contributed by atoms with Crippen molar-refractivity contribution in [3.8, 4) is 0 Å².